The Morgan fingerprint density at radius 2 is 2.08 bits per heavy atom. The number of anilines is 1. The standard InChI is InChI=1S/C18H27N5O3/c1-12(24)22-7-4-5-13(9-22)17-20-15-10-23(16(25)11-26-3)8-6-14(15)18(19-2)21-17/h13H,4-11H2,1-3H3,(H,19,20,21). The van der Waals surface area contributed by atoms with Crippen LogP contribution in [0.5, 0.6) is 0 Å². The van der Waals surface area contributed by atoms with E-state index in [4.69, 9.17) is 14.7 Å². The molecule has 0 bridgehead atoms. The highest BCUT2D eigenvalue weighted by Gasteiger charge is 2.29. The van der Waals surface area contributed by atoms with Gasteiger partial charge in [-0.25, -0.2) is 9.97 Å². The van der Waals surface area contributed by atoms with Gasteiger partial charge >= 0.3 is 0 Å². The molecule has 1 fully saturated rings. The molecule has 0 spiro atoms. The zero-order valence-electron chi connectivity index (χ0n) is 15.7. The Kier molecular flexibility index (Phi) is 5.70. The molecular formula is C18H27N5O3. The number of nitrogens with one attached hydrogen (secondary N) is 1. The van der Waals surface area contributed by atoms with Gasteiger partial charge in [0, 0.05) is 52.2 Å². The molecule has 1 saturated heterocycles. The van der Waals surface area contributed by atoms with Crippen molar-refractivity contribution in [3.8, 4) is 0 Å². The van der Waals surface area contributed by atoms with Crippen LogP contribution >= 0.6 is 0 Å². The molecule has 3 heterocycles. The summed E-state index contributed by atoms with van der Waals surface area (Å²) in [7, 11) is 3.39. The first-order valence-corrected chi connectivity index (χ1v) is 9.13. The lowest BCUT2D eigenvalue weighted by Gasteiger charge is -2.33. The summed E-state index contributed by atoms with van der Waals surface area (Å²) >= 11 is 0. The minimum atomic E-state index is -0.0234. The Balaban J connectivity index is 1.86. The number of rotatable bonds is 4. The maximum absolute atomic E-state index is 12.2. The van der Waals surface area contributed by atoms with E-state index in [1.165, 1.54) is 7.11 Å². The summed E-state index contributed by atoms with van der Waals surface area (Å²) in [6.45, 7) is 4.27. The van der Waals surface area contributed by atoms with Crippen molar-refractivity contribution >= 4 is 17.6 Å². The molecule has 0 aromatic carbocycles. The molecule has 1 atom stereocenters. The number of likely N-dealkylation sites (tertiary alicyclic amines) is 1. The van der Waals surface area contributed by atoms with Crippen LogP contribution in [-0.4, -0.2) is 72.0 Å². The SMILES string of the molecule is CNc1nc(C2CCCN(C(C)=O)C2)nc2c1CCN(C(=O)COC)C2. The summed E-state index contributed by atoms with van der Waals surface area (Å²) in [6.07, 6.45) is 2.65. The molecule has 2 aliphatic heterocycles. The Labute approximate surface area is 153 Å². The van der Waals surface area contributed by atoms with E-state index in [9.17, 15) is 9.59 Å². The van der Waals surface area contributed by atoms with Crippen LogP contribution in [-0.2, 0) is 27.3 Å². The third-order valence-electron chi connectivity index (χ3n) is 5.17. The normalized spacial score (nSPS) is 19.9. The predicted molar refractivity (Wildman–Crippen MR) is 96.8 cm³/mol. The number of hydrogen-bond donors (Lipinski definition) is 1. The number of nitrogens with zero attached hydrogens (tertiary/aromatic N) is 4. The van der Waals surface area contributed by atoms with Gasteiger partial charge in [0.25, 0.3) is 0 Å². The van der Waals surface area contributed by atoms with Gasteiger partial charge in [-0.15, -0.1) is 0 Å². The third kappa shape index (κ3) is 3.80. The largest absolute Gasteiger partial charge is 0.375 e. The zero-order chi connectivity index (χ0) is 18.7. The zero-order valence-corrected chi connectivity index (χ0v) is 15.7. The first-order chi connectivity index (χ1) is 12.5. The lowest BCUT2D eigenvalue weighted by atomic mass is 9.96. The van der Waals surface area contributed by atoms with E-state index in [-0.39, 0.29) is 24.3 Å². The molecule has 8 heteroatoms. The van der Waals surface area contributed by atoms with Crippen molar-refractivity contribution in [3.63, 3.8) is 0 Å². The number of ether oxygens (including phenoxy) is 1. The van der Waals surface area contributed by atoms with Crippen LogP contribution in [0.3, 0.4) is 0 Å². The molecule has 0 aliphatic carbocycles. The van der Waals surface area contributed by atoms with E-state index in [0.717, 1.165) is 48.7 Å². The van der Waals surface area contributed by atoms with Crippen molar-refractivity contribution in [2.75, 3.05) is 45.7 Å². The van der Waals surface area contributed by atoms with Gasteiger partial charge in [-0.05, 0) is 19.3 Å². The van der Waals surface area contributed by atoms with Crippen LogP contribution in [0.2, 0.25) is 0 Å². The van der Waals surface area contributed by atoms with Crippen LogP contribution in [0.25, 0.3) is 0 Å². The van der Waals surface area contributed by atoms with Gasteiger partial charge < -0.3 is 19.9 Å². The van der Waals surface area contributed by atoms with Gasteiger partial charge in [-0.2, -0.15) is 0 Å². The van der Waals surface area contributed by atoms with E-state index < -0.39 is 0 Å². The summed E-state index contributed by atoms with van der Waals surface area (Å²) in [4.78, 5) is 37.1. The summed E-state index contributed by atoms with van der Waals surface area (Å²) in [5, 5.41) is 3.18. The van der Waals surface area contributed by atoms with Crippen molar-refractivity contribution < 1.29 is 14.3 Å². The fraction of sp³-hybridized carbons (Fsp3) is 0.667. The Morgan fingerprint density at radius 1 is 1.27 bits per heavy atom. The molecule has 2 aliphatic rings. The number of aromatic nitrogens is 2. The van der Waals surface area contributed by atoms with Gasteiger partial charge in [-0.3, -0.25) is 9.59 Å². The molecule has 26 heavy (non-hydrogen) atoms. The molecule has 1 unspecified atom stereocenters. The second-order valence-electron chi connectivity index (χ2n) is 6.91. The topological polar surface area (TPSA) is 87.7 Å². The molecule has 0 saturated carbocycles. The van der Waals surface area contributed by atoms with Crippen LogP contribution in [0.1, 0.15) is 42.8 Å². The fourth-order valence-electron chi connectivity index (χ4n) is 3.74. The number of piperidine rings is 1. The van der Waals surface area contributed by atoms with E-state index in [1.807, 2.05) is 11.9 Å². The van der Waals surface area contributed by atoms with Crippen molar-refractivity contribution in [1.29, 1.82) is 0 Å². The highest BCUT2D eigenvalue weighted by Crippen LogP contribution is 2.29. The van der Waals surface area contributed by atoms with Crippen LogP contribution in [0, 0.1) is 0 Å². The molecule has 0 radical (unpaired) electrons. The van der Waals surface area contributed by atoms with Crippen LogP contribution in [0.15, 0.2) is 0 Å². The maximum Gasteiger partial charge on any atom is 0.248 e. The maximum atomic E-state index is 12.2. The van der Waals surface area contributed by atoms with Crippen molar-refractivity contribution in [1.82, 2.24) is 19.8 Å². The Morgan fingerprint density at radius 3 is 2.77 bits per heavy atom. The summed E-state index contributed by atoms with van der Waals surface area (Å²) in [5.74, 6) is 1.81. The highest BCUT2D eigenvalue weighted by molar-refractivity contribution is 5.77. The van der Waals surface area contributed by atoms with Crippen molar-refractivity contribution in [3.05, 3.63) is 17.1 Å². The third-order valence-corrected chi connectivity index (χ3v) is 5.17. The quantitative estimate of drug-likeness (QED) is 0.853. The molecule has 1 N–H and O–H groups in total. The van der Waals surface area contributed by atoms with Gasteiger partial charge in [0.05, 0.1) is 12.2 Å². The van der Waals surface area contributed by atoms with Crippen molar-refractivity contribution in [2.45, 2.75) is 38.6 Å². The molecule has 1 aromatic rings. The number of hydrogen-bond acceptors (Lipinski definition) is 6. The minimum absolute atomic E-state index is 0.0234. The Bertz CT molecular complexity index is 694. The first kappa shape index (κ1) is 18.6. The second kappa shape index (κ2) is 7.99. The van der Waals surface area contributed by atoms with E-state index in [2.05, 4.69) is 5.32 Å². The number of carbonyl (C=O) groups is 2. The highest BCUT2D eigenvalue weighted by atomic mass is 16.5. The smallest absolute Gasteiger partial charge is 0.248 e. The molecular weight excluding hydrogens is 334 g/mol. The van der Waals surface area contributed by atoms with Crippen molar-refractivity contribution in [2.24, 2.45) is 0 Å². The first-order valence-electron chi connectivity index (χ1n) is 9.13. The number of carbonyl (C=O) groups excluding carboxylic acids is 2. The van der Waals surface area contributed by atoms with E-state index >= 15 is 0 Å². The second-order valence-corrected chi connectivity index (χ2v) is 6.91. The number of amides is 2. The monoisotopic (exact) mass is 361 g/mol. The van der Waals surface area contributed by atoms with E-state index in [0.29, 0.717) is 19.6 Å². The Hall–Kier alpha value is -2.22. The van der Waals surface area contributed by atoms with E-state index in [1.54, 1.807) is 11.8 Å². The predicted octanol–water partition coefficient (Wildman–Crippen LogP) is 0.775. The summed E-state index contributed by atoms with van der Waals surface area (Å²) < 4.78 is 4.97. The van der Waals surface area contributed by atoms with Crippen LogP contribution in [0.4, 0.5) is 5.82 Å². The molecule has 142 valence electrons. The van der Waals surface area contributed by atoms with Gasteiger partial charge in [-0.1, -0.05) is 0 Å². The fourth-order valence-corrected chi connectivity index (χ4v) is 3.74. The summed E-state index contributed by atoms with van der Waals surface area (Å²) in [5.41, 5.74) is 1.98. The lowest BCUT2D eigenvalue weighted by molar-refractivity contribution is -0.136. The van der Waals surface area contributed by atoms with Gasteiger partial charge in [0.15, 0.2) is 0 Å². The molecule has 2 amide bonds. The average molecular weight is 361 g/mol. The van der Waals surface area contributed by atoms with Gasteiger partial charge in [0.1, 0.15) is 18.2 Å². The number of methoxy groups -OCH3 is 1. The number of fused-ring (bicyclic) bond motifs is 1. The average Bonchev–Trinajstić information content (AvgIpc) is 2.66. The van der Waals surface area contributed by atoms with Crippen LogP contribution < -0.4 is 5.32 Å². The molecule has 8 nitrogen and oxygen atoms in total. The molecule has 1 aromatic heterocycles. The lowest BCUT2D eigenvalue weighted by Crippen LogP contribution is -2.40. The van der Waals surface area contributed by atoms with Gasteiger partial charge in [0.2, 0.25) is 11.8 Å². The minimum Gasteiger partial charge on any atom is -0.375 e. The summed E-state index contributed by atoms with van der Waals surface area (Å²) in [6, 6.07) is 0. The molecule has 3 rings (SSSR count).